The molecule has 2 aliphatic rings. The van der Waals surface area contributed by atoms with Gasteiger partial charge in [0.1, 0.15) is 11.5 Å². The third-order valence-corrected chi connectivity index (χ3v) is 10.0. The number of nitrogens with one attached hydrogen (secondary N) is 2. The first-order valence-corrected chi connectivity index (χ1v) is 15.1. The van der Waals surface area contributed by atoms with Gasteiger partial charge in [0, 0.05) is 26.2 Å². The summed E-state index contributed by atoms with van der Waals surface area (Å²) in [6.45, 7) is 1.77. The lowest BCUT2D eigenvalue weighted by Gasteiger charge is -2.26. The quantitative estimate of drug-likeness (QED) is 0.404. The minimum absolute atomic E-state index is 0.0485. The summed E-state index contributed by atoms with van der Waals surface area (Å²) >= 11 is 0. The first-order valence-electron chi connectivity index (χ1n) is 12.2. The van der Waals surface area contributed by atoms with Crippen LogP contribution in [0.25, 0.3) is 0 Å². The van der Waals surface area contributed by atoms with Gasteiger partial charge in [-0.3, -0.25) is 9.59 Å². The smallest absolute Gasteiger partial charge is 0.314 e. The van der Waals surface area contributed by atoms with Crippen molar-refractivity contribution in [1.29, 1.82) is 0 Å². The van der Waals surface area contributed by atoms with Crippen LogP contribution < -0.4 is 20.1 Å². The maximum Gasteiger partial charge on any atom is 0.314 e. The van der Waals surface area contributed by atoms with E-state index in [1.54, 1.807) is 0 Å². The molecule has 14 nitrogen and oxygen atoms in total. The average molecular weight is 599 g/mol. The maximum absolute atomic E-state index is 13.1. The van der Waals surface area contributed by atoms with E-state index in [4.69, 9.17) is 18.9 Å². The van der Waals surface area contributed by atoms with Crippen molar-refractivity contribution in [3.63, 3.8) is 0 Å². The maximum atomic E-state index is 13.1. The highest BCUT2D eigenvalue weighted by atomic mass is 32.2. The molecular weight excluding hydrogens is 568 g/mol. The molecule has 2 heterocycles. The van der Waals surface area contributed by atoms with Crippen LogP contribution in [0.5, 0.6) is 11.5 Å². The van der Waals surface area contributed by atoms with Gasteiger partial charge < -0.3 is 29.6 Å². The molecule has 2 fully saturated rings. The van der Waals surface area contributed by atoms with Gasteiger partial charge in [-0.05, 0) is 36.4 Å². The third-order valence-electron chi connectivity index (χ3n) is 6.26. The zero-order valence-electron chi connectivity index (χ0n) is 21.9. The van der Waals surface area contributed by atoms with Crippen molar-refractivity contribution in [3.8, 4) is 11.5 Å². The van der Waals surface area contributed by atoms with E-state index < -0.39 is 31.9 Å². The third kappa shape index (κ3) is 6.37. The number of hydrogen-bond donors (Lipinski definition) is 2. The lowest BCUT2D eigenvalue weighted by molar-refractivity contribution is -0.133. The molecule has 2 saturated heterocycles. The van der Waals surface area contributed by atoms with Gasteiger partial charge in [-0.2, -0.15) is 8.61 Å². The zero-order chi connectivity index (χ0) is 28.9. The van der Waals surface area contributed by atoms with E-state index in [1.165, 1.54) is 59.2 Å². The van der Waals surface area contributed by atoms with Crippen LogP contribution >= 0.6 is 0 Å². The molecule has 40 heavy (non-hydrogen) atoms. The highest BCUT2D eigenvalue weighted by Gasteiger charge is 2.29. The van der Waals surface area contributed by atoms with Crippen molar-refractivity contribution in [1.82, 2.24) is 8.61 Å². The Kier molecular flexibility index (Phi) is 9.27. The molecule has 2 N–H and O–H groups in total. The van der Waals surface area contributed by atoms with Crippen LogP contribution in [0.15, 0.2) is 46.2 Å². The summed E-state index contributed by atoms with van der Waals surface area (Å²) in [4.78, 5) is 25.5. The topological polar surface area (TPSA) is 170 Å². The zero-order valence-corrected chi connectivity index (χ0v) is 23.5. The Morgan fingerprint density at radius 1 is 0.675 bits per heavy atom. The summed E-state index contributed by atoms with van der Waals surface area (Å²) in [5.74, 6) is -2.05. The van der Waals surface area contributed by atoms with E-state index in [2.05, 4.69) is 10.6 Å². The van der Waals surface area contributed by atoms with E-state index in [9.17, 15) is 26.4 Å². The number of benzene rings is 2. The number of sulfonamides is 2. The fourth-order valence-corrected chi connectivity index (χ4v) is 6.99. The van der Waals surface area contributed by atoms with Crippen LogP contribution in [-0.4, -0.2) is 104 Å². The van der Waals surface area contributed by atoms with Gasteiger partial charge in [0.25, 0.3) is 0 Å². The molecule has 2 aliphatic heterocycles. The molecule has 0 radical (unpaired) electrons. The van der Waals surface area contributed by atoms with E-state index in [0.29, 0.717) is 0 Å². The van der Waals surface area contributed by atoms with Gasteiger partial charge in [0.05, 0.1) is 61.8 Å². The van der Waals surface area contributed by atoms with Gasteiger partial charge in [0.2, 0.25) is 20.0 Å². The number of hydrogen-bond acceptors (Lipinski definition) is 10. The molecule has 2 aromatic rings. The van der Waals surface area contributed by atoms with Crippen molar-refractivity contribution >= 4 is 43.2 Å². The molecule has 0 bridgehead atoms. The van der Waals surface area contributed by atoms with Gasteiger partial charge in [-0.25, -0.2) is 16.8 Å². The predicted molar refractivity (Wildman–Crippen MR) is 142 cm³/mol. The number of carbonyl (C=O) groups is 2. The number of nitrogens with zero attached hydrogens (tertiary/aromatic N) is 2. The van der Waals surface area contributed by atoms with E-state index in [0.717, 1.165) is 0 Å². The number of rotatable bonds is 8. The number of morpholine rings is 2. The first kappa shape index (κ1) is 29.7. The minimum Gasteiger partial charge on any atom is -0.495 e. The molecule has 0 aromatic heterocycles. The monoisotopic (exact) mass is 598 g/mol. The van der Waals surface area contributed by atoms with Crippen molar-refractivity contribution in [2.24, 2.45) is 0 Å². The Morgan fingerprint density at radius 2 is 1.02 bits per heavy atom. The Morgan fingerprint density at radius 3 is 1.35 bits per heavy atom. The Labute approximate surface area is 232 Å². The fourth-order valence-electron chi connectivity index (χ4n) is 4.12. The molecule has 2 amide bonds. The summed E-state index contributed by atoms with van der Waals surface area (Å²) in [6, 6.07) is 7.80. The predicted octanol–water partition coefficient (Wildman–Crippen LogP) is 0.323. The van der Waals surface area contributed by atoms with Gasteiger partial charge in [0.15, 0.2) is 0 Å². The number of amides is 2. The molecule has 0 spiro atoms. The number of ether oxygens (including phenoxy) is 4. The Balaban J connectivity index is 1.54. The fraction of sp³-hybridized carbons (Fsp3) is 0.417. The molecule has 0 atom stereocenters. The second-order valence-corrected chi connectivity index (χ2v) is 12.5. The van der Waals surface area contributed by atoms with E-state index in [1.807, 2.05) is 0 Å². The highest BCUT2D eigenvalue weighted by molar-refractivity contribution is 7.89. The average Bonchev–Trinajstić information content (AvgIpc) is 2.97. The second-order valence-electron chi connectivity index (χ2n) is 8.67. The molecule has 2 aromatic carbocycles. The van der Waals surface area contributed by atoms with E-state index >= 15 is 0 Å². The van der Waals surface area contributed by atoms with Crippen molar-refractivity contribution in [2.45, 2.75) is 9.79 Å². The molecule has 4 rings (SSSR count). The van der Waals surface area contributed by atoms with Gasteiger partial charge in [-0.1, -0.05) is 0 Å². The summed E-state index contributed by atoms with van der Waals surface area (Å²) in [7, 11) is -5.13. The van der Waals surface area contributed by atoms with Crippen LogP contribution in [0.1, 0.15) is 0 Å². The molecular formula is C24H30N4O10S2. The minimum atomic E-state index is -3.89. The number of carbonyl (C=O) groups excluding carboxylic acids is 2. The summed E-state index contributed by atoms with van der Waals surface area (Å²) in [5.41, 5.74) is -0.0970. The molecule has 16 heteroatoms. The van der Waals surface area contributed by atoms with Crippen LogP contribution in [0.2, 0.25) is 0 Å². The van der Waals surface area contributed by atoms with Crippen molar-refractivity contribution in [2.75, 3.05) is 77.5 Å². The summed E-state index contributed by atoms with van der Waals surface area (Å²) in [5, 5.41) is 4.73. The van der Waals surface area contributed by atoms with Crippen molar-refractivity contribution < 1.29 is 45.4 Å². The SMILES string of the molecule is COc1ccc(S(=O)(=O)N2CCOCC2)cc1NC(=O)C(=O)Nc1cc(S(=O)(=O)N2CCOCC2)ccc1OC. The number of anilines is 2. The molecule has 0 saturated carbocycles. The highest BCUT2D eigenvalue weighted by Crippen LogP contribution is 2.31. The lowest BCUT2D eigenvalue weighted by atomic mass is 10.2. The lowest BCUT2D eigenvalue weighted by Crippen LogP contribution is -2.40. The summed E-state index contributed by atoms with van der Waals surface area (Å²) in [6.07, 6.45) is 0. The van der Waals surface area contributed by atoms with Crippen LogP contribution in [-0.2, 0) is 39.1 Å². The van der Waals surface area contributed by atoms with Crippen LogP contribution in [0, 0.1) is 0 Å². The summed E-state index contributed by atoms with van der Waals surface area (Å²) < 4.78 is 75.7. The second kappa shape index (κ2) is 12.5. The van der Waals surface area contributed by atoms with Gasteiger partial charge in [-0.15, -0.1) is 0 Å². The standard InChI is InChI=1S/C24H30N4O10S2/c1-35-21-5-3-17(39(31,32)27-7-11-37-12-8-27)15-19(21)25-23(29)24(30)26-20-16-18(4-6-22(20)36-2)40(33,34)28-9-13-38-14-10-28/h3-6,15-16H,7-14H2,1-2H3,(H,25,29)(H,26,30). The molecule has 218 valence electrons. The molecule has 0 unspecified atom stereocenters. The van der Waals surface area contributed by atoms with Crippen LogP contribution in [0.3, 0.4) is 0 Å². The largest absolute Gasteiger partial charge is 0.495 e. The van der Waals surface area contributed by atoms with Crippen molar-refractivity contribution in [3.05, 3.63) is 36.4 Å². The van der Waals surface area contributed by atoms with E-state index in [-0.39, 0.29) is 85.3 Å². The number of methoxy groups -OCH3 is 2. The van der Waals surface area contributed by atoms with Crippen LogP contribution in [0.4, 0.5) is 11.4 Å². The van der Waals surface area contributed by atoms with Gasteiger partial charge >= 0.3 is 11.8 Å². The normalized spacial score (nSPS) is 17.1. The molecule has 0 aliphatic carbocycles. The Hall–Kier alpha value is -3.28. The first-order chi connectivity index (χ1) is 19.1. The Bertz CT molecular complexity index is 1360.